The number of sulfonamides is 1. The van der Waals surface area contributed by atoms with E-state index in [9.17, 15) is 13.2 Å². The third-order valence-corrected chi connectivity index (χ3v) is 6.86. The number of carbonyl (C=O) groups is 1. The Morgan fingerprint density at radius 3 is 2.41 bits per heavy atom. The molecule has 0 saturated carbocycles. The third-order valence-electron chi connectivity index (χ3n) is 4.45. The fourth-order valence-electron chi connectivity index (χ4n) is 2.92. The molecule has 0 saturated heterocycles. The first-order chi connectivity index (χ1) is 13.8. The number of rotatable bonds is 10. The molecular weight excluding hydrogens is 412 g/mol. The molecule has 2 aromatic carbocycles. The number of anilines is 1. The average Bonchev–Trinajstić information content (AvgIpc) is 2.69. The van der Waals surface area contributed by atoms with Gasteiger partial charge in [0.25, 0.3) is 0 Å². The van der Waals surface area contributed by atoms with Crippen molar-refractivity contribution in [1.82, 2.24) is 4.31 Å². The van der Waals surface area contributed by atoms with Gasteiger partial charge in [-0.05, 0) is 43.2 Å². The summed E-state index contributed by atoms with van der Waals surface area (Å²) in [5, 5.41) is 3.40. The van der Waals surface area contributed by atoms with E-state index in [2.05, 4.69) is 5.32 Å². The lowest BCUT2D eigenvalue weighted by atomic mass is 10.1. The predicted octanol–water partition coefficient (Wildman–Crippen LogP) is 4.34. The van der Waals surface area contributed by atoms with Gasteiger partial charge in [0, 0.05) is 24.5 Å². The summed E-state index contributed by atoms with van der Waals surface area (Å²) < 4.78 is 32.5. The summed E-state index contributed by atoms with van der Waals surface area (Å²) in [7, 11) is -3.64. The standard InChI is InChI=1S/C21H27ClN2O4S/c1-4-24(5-2)29(26,27)17-12-13-20(28-6-3)19(15-17)23-21(25)14-11-16-9-7-8-10-18(16)22/h7-10,12-13,15H,4-6,11,14H2,1-3H3,(H,23,25). The van der Waals surface area contributed by atoms with Crippen molar-refractivity contribution in [3.63, 3.8) is 0 Å². The van der Waals surface area contributed by atoms with Crippen LogP contribution in [0, 0.1) is 0 Å². The molecule has 0 bridgehead atoms. The van der Waals surface area contributed by atoms with Gasteiger partial charge in [-0.2, -0.15) is 4.31 Å². The van der Waals surface area contributed by atoms with Gasteiger partial charge in [-0.3, -0.25) is 4.79 Å². The summed E-state index contributed by atoms with van der Waals surface area (Å²) in [6.07, 6.45) is 0.690. The summed E-state index contributed by atoms with van der Waals surface area (Å²) in [4.78, 5) is 12.6. The van der Waals surface area contributed by atoms with E-state index in [1.807, 2.05) is 25.1 Å². The molecule has 2 rings (SSSR count). The highest BCUT2D eigenvalue weighted by Crippen LogP contribution is 2.29. The Bertz CT molecular complexity index is 943. The number of aryl methyl sites for hydroxylation is 1. The number of nitrogens with one attached hydrogen (secondary N) is 1. The van der Waals surface area contributed by atoms with Crippen LogP contribution in [-0.2, 0) is 21.2 Å². The highest BCUT2D eigenvalue weighted by molar-refractivity contribution is 7.89. The first kappa shape index (κ1) is 23.2. The zero-order valence-corrected chi connectivity index (χ0v) is 18.5. The quantitative estimate of drug-likeness (QED) is 0.598. The van der Waals surface area contributed by atoms with Crippen LogP contribution in [0.3, 0.4) is 0 Å². The van der Waals surface area contributed by atoms with Gasteiger partial charge in [0.15, 0.2) is 0 Å². The van der Waals surface area contributed by atoms with E-state index in [-0.39, 0.29) is 17.2 Å². The van der Waals surface area contributed by atoms with Gasteiger partial charge in [0.2, 0.25) is 15.9 Å². The molecule has 0 fully saturated rings. The van der Waals surface area contributed by atoms with Crippen LogP contribution in [-0.4, -0.2) is 38.3 Å². The summed E-state index contributed by atoms with van der Waals surface area (Å²) in [6, 6.07) is 11.9. The van der Waals surface area contributed by atoms with Gasteiger partial charge in [-0.15, -0.1) is 0 Å². The second-order valence-electron chi connectivity index (χ2n) is 6.32. The van der Waals surface area contributed by atoms with Gasteiger partial charge in [0.05, 0.1) is 17.2 Å². The fourth-order valence-corrected chi connectivity index (χ4v) is 4.64. The second-order valence-corrected chi connectivity index (χ2v) is 8.67. The molecule has 1 amide bonds. The predicted molar refractivity (Wildman–Crippen MR) is 116 cm³/mol. The van der Waals surface area contributed by atoms with Gasteiger partial charge in [-0.25, -0.2) is 8.42 Å². The lowest BCUT2D eigenvalue weighted by molar-refractivity contribution is -0.116. The average molecular weight is 439 g/mol. The van der Waals surface area contributed by atoms with E-state index in [0.29, 0.717) is 42.6 Å². The van der Waals surface area contributed by atoms with Crippen LogP contribution in [0.4, 0.5) is 5.69 Å². The zero-order valence-electron chi connectivity index (χ0n) is 16.9. The van der Waals surface area contributed by atoms with Gasteiger partial charge >= 0.3 is 0 Å². The van der Waals surface area contributed by atoms with E-state index in [1.54, 1.807) is 26.0 Å². The number of halogens is 1. The Labute approximate surface area is 177 Å². The molecule has 0 radical (unpaired) electrons. The molecule has 8 heteroatoms. The smallest absolute Gasteiger partial charge is 0.243 e. The van der Waals surface area contributed by atoms with Gasteiger partial charge in [0.1, 0.15) is 5.75 Å². The highest BCUT2D eigenvalue weighted by atomic mass is 35.5. The number of hydrogen-bond donors (Lipinski definition) is 1. The molecule has 0 aliphatic rings. The number of benzene rings is 2. The van der Waals surface area contributed by atoms with Gasteiger partial charge < -0.3 is 10.1 Å². The molecular formula is C21H27ClN2O4S. The molecule has 158 valence electrons. The Balaban J connectivity index is 2.23. The largest absolute Gasteiger partial charge is 0.492 e. The van der Waals surface area contributed by atoms with Gasteiger partial charge in [-0.1, -0.05) is 43.6 Å². The molecule has 2 aromatic rings. The Morgan fingerprint density at radius 2 is 1.79 bits per heavy atom. The SMILES string of the molecule is CCOc1ccc(S(=O)(=O)N(CC)CC)cc1NC(=O)CCc1ccccc1Cl. The molecule has 0 aliphatic heterocycles. The Hall–Kier alpha value is -2.09. The number of carbonyl (C=O) groups excluding carboxylic acids is 1. The minimum Gasteiger partial charge on any atom is -0.492 e. The minimum absolute atomic E-state index is 0.117. The van der Waals surface area contributed by atoms with Crippen molar-refractivity contribution in [3.8, 4) is 5.75 Å². The van der Waals surface area contributed by atoms with Crippen LogP contribution in [0.2, 0.25) is 5.02 Å². The minimum atomic E-state index is -3.64. The molecule has 29 heavy (non-hydrogen) atoms. The fraction of sp³-hybridized carbons (Fsp3) is 0.381. The first-order valence-electron chi connectivity index (χ1n) is 9.63. The van der Waals surface area contributed by atoms with Crippen molar-refractivity contribution in [1.29, 1.82) is 0 Å². The van der Waals surface area contributed by atoms with Crippen molar-refractivity contribution >= 4 is 33.2 Å². The van der Waals surface area contributed by atoms with Crippen LogP contribution in [0.1, 0.15) is 32.8 Å². The number of nitrogens with zero attached hydrogens (tertiary/aromatic N) is 1. The number of ether oxygens (including phenoxy) is 1. The Kier molecular flexibility index (Phi) is 8.49. The van der Waals surface area contributed by atoms with Crippen LogP contribution in [0.5, 0.6) is 5.75 Å². The van der Waals surface area contributed by atoms with E-state index >= 15 is 0 Å². The molecule has 0 aliphatic carbocycles. The van der Waals surface area contributed by atoms with Crippen LogP contribution in [0.15, 0.2) is 47.4 Å². The summed E-state index contributed by atoms with van der Waals surface area (Å²) in [5.74, 6) is 0.181. The summed E-state index contributed by atoms with van der Waals surface area (Å²) in [5.41, 5.74) is 1.22. The summed E-state index contributed by atoms with van der Waals surface area (Å²) >= 11 is 6.14. The maximum atomic E-state index is 12.8. The monoisotopic (exact) mass is 438 g/mol. The van der Waals surface area contributed by atoms with Crippen molar-refractivity contribution in [2.24, 2.45) is 0 Å². The van der Waals surface area contributed by atoms with Crippen molar-refractivity contribution in [2.75, 3.05) is 25.0 Å². The topological polar surface area (TPSA) is 75.7 Å². The molecule has 6 nitrogen and oxygen atoms in total. The third kappa shape index (κ3) is 5.95. The molecule has 0 heterocycles. The number of hydrogen-bond acceptors (Lipinski definition) is 4. The van der Waals surface area contributed by atoms with Crippen LogP contribution < -0.4 is 10.1 Å². The summed E-state index contributed by atoms with van der Waals surface area (Å²) in [6.45, 7) is 6.52. The highest BCUT2D eigenvalue weighted by Gasteiger charge is 2.23. The van der Waals surface area contributed by atoms with E-state index in [0.717, 1.165) is 5.56 Å². The molecule has 0 unspecified atom stereocenters. The second kappa shape index (κ2) is 10.6. The van der Waals surface area contributed by atoms with Crippen LogP contribution >= 0.6 is 11.6 Å². The van der Waals surface area contributed by atoms with E-state index in [1.165, 1.54) is 16.4 Å². The lowest BCUT2D eigenvalue weighted by Gasteiger charge is -2.20. The molecule has 0 atom stereocenters. The van der Waals surface area contributed by atoms with Crippen molar-refractivity contribution in [3.05, 3.63) is 53.1 Å². The lowest BCUT2D eigenvalue weighted by Crippen LogP contribution is -2.30. The molecule has 0 aromatic heterocycles. The maximum absolute atomic E-state index is 12.8. The zero-order chi connectivity index (χ0) is 21.4. The van der Waals surface area contributed by atoms with Crippen LogP contribution in [0.25, 0.3) is 0 Å². The molecule has 0 spiro atoms. The van der Waals surface area contributed by atoms with Crippen molar-refractivity contribution < 1.29 is 17.9 Å². The normalized spacial score (nSPS) is 11.5. The Morgan fingerprint density at radius 1 is 1.10 bits per heavy atom. The van der Waals surface area contributed by atoms with E-state index in [4.69, 9.17) is 16.3 Å². The molecule has 1 N–H and O–H groups in total. The first-order valence-corrected chi connectivity index (χ1v) is 11.5. The van der Waals surface area contributed by atoms with E-state index < -0.39 is 10.0 Å². The maximum Gasteiger partial charge on any atom is 0.243 e. The van der Waals surface area contributed by atoms with Crippen molar-refractivity contribution in [2.45, 2.75) is 38.5 Å². The number of amides is 1.